The molecule has 0 bridgehead atoms. The highest BCUT2D eigenvalue weighted by molar-refractivity contribution is 7.09. The van der Waals surface area contributed by atoms with E-state index in [0.717, 1.165) is 24.3 Å². The van der Waals surface area contributed by atoms with Gasteiger partial charge in [0, 0.05) is 11.1 Å². The zero-order valence-corrected chi connectivity index (χ0v) is 11.8. The van der Waals surface area contributed by atoms with Crippen LogP contribution in [0.15, 0.2) is 11.7 Å². The molecule has 3 heteroatoms. The van der Waals surface area contributed by atoms with Crippen molar-refractivity contribution in [3.8, 4) is 0 Å². The van der Waals surface area contributed by atoms with Crippen LogP contribution >= 0.6 is 11.3 Å². The zero-order chi connectivity index (χ0) is 12.1. The molecule has 0 amide bonds. The van der Waals surface area contributed by atoms with Crippen molar-refractivity contribution in [2.24, 2.45) is 17.8 Å². The molecule has 1 fully saturated rings. The van der Waals surface area contributed by atoms with Crippen LogP contribution in [0.3, 0.4) is 0 Å². The number of thiazole rings is 1. The third-order valence-corrected chi connectivity index (χ3v) is 4.81. The molecule has 3 atom stereocenters. The highest BCUT2D eigenvalue weighted by atomic mass is 32.1. The molecule has 0 radical (unpaired) electrons. The van der Waals surface area contributed by atoms with E-state index in [0.29, 0.717) is 0 Å². The second kappa shape index (κ2) is 6.50. The molecule has 96 valence electrons. The first-order valence-corrected chi connectivity index (χ1v) is 7.75. The Balaban J connectivity index is 1.93. The minimum absolute atomic E-state index is 0.859. The fourth-order valence-electron chi connectivity index (χ4n) is 3.01. The van der Waals surface area contributed by atoms with Gasteiger partial charge in [-0.15, -0.1) is 11.3 Å². The molecule has 0 aromatic carbocycles. The van der Waals surface area contributed by atoms with Gasteiger partial charge in [0.05, 0.1) is 5.51 Å². The maximum absolute atomic E-state index is 4.20. The predicted molar refractivity (Wildman–Crippen MR) is 74.4 cm³/mol. The second-order valence-corrected chi connectivity index (χ2v) is 6.39. The van der Waals surface area contributed by atoms with Crippen molar-refractivity contribution < 1.29 is 0 Å². The van der Waals surface area contributed by atoms with Gasteiger partial charge in [-0.05, 0) is 50.1 Å². The fraction of sp³-hybridized carbons (Fsp3) is 0.786. The summed E-state index contributed by atoms with van der Waals surface area (Å²) >= 11 is 1.81. The van der Waals surface area contributed by atoms with Gasteiger partial charge in [0.1, 0.15) is 0 Å². The Morgan fingerprint density at radius 3 is 3.00 bits per heavy atom. The fourth-order valence-corrected chi connectivity index (χ4v) is 3.70. The molecule has 1 saturated carbocycles. The van der Waals surface area contributed by atoms with E-state index in [4.69, 9.17) is 0 Å². The van der Waals surface area contributed by atoms with Crippen LogP contribution in [0, 0.1) is 17.8 Å². The minimum atomic E-state index is 0.859. The van der Waals surface area contributed by atoms with Crippen LogP contribution < -0.4 is 5.32 Å². The smallest absolute Gasteiger partial charge is 0.0794 e. The van der Waals surface area contributed by atoms with Crippen LogP contribution in [-0.2, 0) is 6.42 Å². The lowest BCUT2D eigenvalue weighted by Crippen LogP contribution is -2.33. The molecule has 1 heterocycles. The Morgan fingerprint density at radius 2 is 2.29 bits per heavy atom. The van der Waals surface area contributed by atoms with Gasteiger partial charge in [0.25, 0.3) is 0 Å². The van der Waals surface area contributed by atoms with Gasteiger partial charge < -0.3 is 5.32 Å². The van der Waals surface area contributed by atoms with Crippen LogP contribution in [-0.4, -0.2) is 18.1 Å². The number of rotatable bonds is 5. The third kappa shape index (κ3) is 3.78. The molecule has 1 aromatic heterocycles. The summed E-state index contributed by atoms with van der Waals surface area (Å²) in [6.07, 6.45) is 7.50. The average Bonchev–Trinajstić information content (AvgIpc) is 2.81. The summed E-state index contributed by atoms with van der Waals surface area (Å²) in [5.74, 6) is 2.64. The lowest BCUT2D eigenvalue weighted by atomic mass is 9.73. The molecule has 1 aromatic rings. The third-order valence-electron chi connectivity index (χ3n) is 4.01. The van der Waals surface area contributed by atoms with Crippen molar-refractivity contribution in [1.29, 1.82) is 0 Å². The summed E-state index contributed by atoms with van der Waals surface area (Å²) in [7, 11) is 0. The first kappa shape index (κ1) is 13.0. The van der Waals surface area contributed by atoms with E-state index < -0.39 is 0 Å². The van der Waals surface area contributed by atoms with Crippen LogP contribution in [0.5, 0.6) is 0 Å². The molecule has 2 rings (SSSR count). The molecule has 2 nitrogen and oxygen atoms in total. The van der Waals surface area contributed by atoms with Crippen LogP contribution in [0.2, 0.25) is 0 Å². The largest absolute Gasteiger partial charge is 0.317 e. The van der Waals surface area contributed by atoms with Gasteiger partial charge in [-0.2, -0.15) is 0 Å². The summed E-state index contributed by atoms with van der Waals surface area (Å²) < 4.78 is 0. The molecular formula is C14H24N2S. The van der Waals surface area contributed by atoms with Crippen molar-refractivity contribution in [3.63, 3.8) is 0 Å². The molecule has 1 N–H and O–H groups in total. The molecule has 0 spiro atoms. The molecule has 3 unspecified atom stereocenters. The molecular weight excluding hydrogens is 228 g/mol. The lowest BCUT2D eigenvalue weighted by Gasteiger charge is -2.35. The van der Waals surface area contributed by atoms with E-state index in [1.807, 2.05) is 23.0 Å². The standard InChI is InChI=1S/C14H24N2S/c1-3-15-8-12-5-4-11(2)6-13(12)7-14-9-16-10-17-14/h9-13,15H,3-8H2,1-2H3. The lowest BCUT2D eigenvalue weighted by molar-refractivity contribution is 0.185. The van der Waals surface area contributed by atoms with Crippen molar-refractivity contribution in [3.05, 3.63) is 16.6 Å². The number of nitrogens with zero attached hydrogens (tertiary/aromatic N) is 1. The number of aromatic nitrogens is 1. The van der Waals surface area contributed by atoms with Crippen molar-refractivity contribution in [2.75, 3.05) is 13.1 Å². The van der Waals surface area contributed by atoms with E-state index in [1.165, 1.54) is 37.1 Å². The highest BCUT2D eigenvalue weighted by Crippen LogP contribution is 2.36. The van der Waals surface area contributed by atoms with E-state index in [2.05, 4.69) is 24.1 Å². The van der Waals surface area contributed by atoms with Crippen molar-refractivity contribution in [1.82, 2.24) is 10.3 Å². The maximum atomic E-state index is 4.20. The zero-order valence-electron chi connectivity index (χ0n) is 11.0. The average molecular weight is 252 g/mol. The Morgan fingerprint density at radius 1 is 1.41 bits per heavy atom. The number of hydrogen-bond acceptors (Lipinski definition) is 3. The minimum Gasteiger partial charge on any atom is -0.317 e. The van der Waals surface area contributed by atoms with Gasteiger partial charge in [-0.3, -0.25) is 4.98 Å². The van der Waals surface area contributed by atoms with Gasteiger partial charge >= 0.3 is 0 Å². The first-order chi connectivity index (χ1) is 8.29. The first-order valence-electron chi connectivity index (χ1n) is 6.87. The Hall–Kier alpha value is -0.410. The maximum Gasteiger partial charge on any atom is 0.0794 e. The Kier molecular flexibility index (Phi) is 4.99. The molecule has 1 aliphatic carbocycles. The summed E-state index contributed by atoms with van der Waals surface area (Å²) in [5.41, 5.74) is 1.96. The molecule has 0 aliphatic heterocycles. The van der Waals surface area contributed by atoms with Gasteiger partial charge in [0.15, 0.2) is 0 Å². The van der Waals surface area contributed by atoms with Gasteiger partial charge in [0.2, 0.25) is 0 Å². The Bertz CT molecular complexity index is 308. The van der Waals surface area contributed by atoms with Gasteiger partial charge in [-0.1, -0.05) is 20.3 Å². The number of nitrogens with one attached hydrogen (secondary N) is 1. The summed E-state index contributed by atoms with van der Waals surface area (Å²) in [6.45, 7) is 6.90. The van der Waals surface area contributed by atoms with E-state index >= 15 is 0 Å². The second-order valence-electron chi connectivity index (χ2n) is 5.42. The monoisotopic (exact) mass is 252 g/mol. The molecule has 1 aliphatic rings. The summed E-state index contributed by atoms with van der Waals surface area (Å²) in [4.78, 5) is 5.66. The normalized spacial score (nSPS) is 29.4. The topological polar surface area (TPSA) is 24.9 Å². The van der Waals surface area contributed by atoms with Crippen molar-refractivity contribution >= 4 is 11.3 Å². The quantitative estimate of drug-likeness (QED) is 0.869. The van der Waals surface area contributed by atoms with Gasteiger partial charge in [-0.25, -0.2) is 0 Å². The summed E-state index contributed by atoms with van der Waals surface area (Å²) in [5, 5.41) is 3.53. The SMILES string of the molecule is CCNCC1CCC(C)CC1Cc1cncs1. The van der Waals surface area contributed by atoms with Crippen LogP contribution in [0.25, 0.3) is 0 Å². The van der Waals surface area contributed by atoms with E-state index in [1.54, 1.807) is 0 Å². The van der Waals surface area contributed by atoms with Crippen LogP contribution in [0.1, 0.15) is 38.0 Å². The molecule has 0 saturated heterocycles. The molecule has 17 heavy (non-hydrogen) atoms. The summed E-state index contributed by atoms with van der Waals surface area (Å²) in [6, 6.07) is 0. The Labute approximate surface area is 109 Å². The van der Waals surface area contributed by atoms with E-state index in [9.17, 15) is 0 Å². The highest BCUT2D eigenvalue weighted by Gasteiger charge is 2.28. The van der Waals surface area contributed by atoms with Crippen molar-refractivity contribution in [2.45, 2.75) is 39.5 Å². The predicted octanol–water partition coefficient (Wildman–Crippen LogP) is 3.35. The van der Waals surface area contributed by atoms with E-state index in [-0.39, 0.29) is 0 Å². The number of hydrogen-bond donors (Lipinski definition) is 1. The van der Waals surface area contributed by atoms with Crippen LogP contribution in [0.4, 0.5) is 0 Å².